The zero-order valence-corrected chi connectivity index (χ0v) is 18.9. The fraction of sp³-hybridized carbons (Fsp3) is 0.583. The number of allylic oxidation sites excluding steroid dienone is 3. The van der Waals surface area contributed by atoms with Crippen molar-refractivity contribution in [1.29, 1.82) is 0 Å². The van der Waals surface area contributed by atoms with Crippen molar-refractivity contribution in [2.45, 2.75) is 71.3 Å². The number of aryl methyl sites for hydroxylation is 1. The molecule has 0 aromatic carbocycles. The quantitative estimate of drug-likeness (QED) is 0.258. The van der Waals surface area contributed by atoms with Gasteiger partial charge in [-0.05, 0) is 36.5 Å². The maximum absolute atomic E-state index is 8.90. The lowest BCUT2D eigenvalue weighted by atomic mass is 10.1. The first-order valence-corrected chi connectivity index (χ1v) is 12.7. The van der Waals surface area contributed by atoms with Crippen LogP contribution in [0.25, 0.3) is 5.57 Å². The van der Waals surface area contributed by atoms with E-state index in [0.717, 1.165) is 32.5 Å². The van der Waals surface area contributed by atoms with Gasteiger partial charge in [0.15, 0.2) is 33.5 Å². The van der Waals surface area contributed by atoms with Gasteiger partial charge in [0.25, 0.3) is 0 Å². The van der Waals surface area contributed by atoms with Crippen LogP contribution in [0.15, 0.2) is 42.8 Å². The van der Waals surface area contributed by atoms with Crippen LogP contribution < -0.4 is 4.57 Å². The predicted octanol–water partition coefficient (Wildman–Crippen LogP) is 4.84. The number of unbranched alkanes of at least 4 members (excludes halogenated alkanes) is 7. The lowest BCUT2D eigenvalue weighted by Gasteiger charge is -2.03. The van der Waals surface area contributed by atoms with E-state index in [1.54, 1.807) is 0 Å². The first kappa shape index (κ1) is 23.9. The molecular weight excluding hydrogens is 379 g/mol. The van der Waals surface area contributed by atoms with Crippen molar-refractivity contribution in [1.82, 2.24) is 0 Å². The second kappa shape index (κ2) is 14.6. The Morgan fingerprint density at radius 2 is 1.59 bits per heavy atom. The fourth-order valence-electron chi connectivity index (χ4n) is 3.59. The van der Waals surface area contributed by atoms with Gasteiger partial charge in [-0.15, -0.1) is 0 Å². The van der Waals surface area contributed by atoms with E-state index in [9.17, 15) is 0 Å². The number of hydrogen-bond donors (Lipinski definition) is 2. The molecule has 1 aromatic rings. The van der Waals surface area contributed by atoms with Gasteiger partial charge >= 0.3 is 0 Å². The van der Waals surface area contributed by atoms with Gasteiger partial charge < -0.3 is 9.79 Å². The molecule has 1 aliphatic heterocycles. The summed E-state index contributed by atoms with van der Waals surface area (Å²) in [7, 11) is -1.69. The van der Waals surface area contributed by atoms with Crippen LogP contribution in [-0.4, -0.2) is 39.8 Å². The SMILES string of the molecule is CCCCC[n+]1ccc(C2=CC=[N+](CCCCCCCCP(O)O)CC=C2)cc1. The van der Waals surface area contributed by atoms with E-state index >= 15 is 0 Å². The Morgan fingerprint density at radius 1 is 0.897 bits per heavy atom. The topological polar surface area (TPSA) is 47.4 Å². The van der Waals surface area contributed by atoms with E-state index in [4.69, 9.17) is 9.79 Å². The highest BCUT2D eigenvalue weighted by Gasteiger charge is 2.08. The average molecular weight is 419 g/mol. The number of pyridine rings is 1. The predicted molar refractivity (Wildman–Crippen MR) is 123 cm³/mol. The summed E-state index contributed by atoms with van der Waals surface area (Å²) >= 11 is 0. The molecule has 0 spiro atoms. The van der Waals surface area contributed by atoms with Gasteiger partial charge in [0.1, 0.15) is 13.1 Å². The third-order valence-electron chi connectivity index (χ3n) is 5.40. The van der Waals surface area contributed by atoms with E-state index in [1.165, 1.54) is 56.1 Å². The van der Waals surface area contributed by atoms with Gasteiger partial charge in [0, 0.05) is 37.2 Å². The summed E-state index contributed by atoms with van der Waals surface area (Å²) in [5.74, 6) is 0. The van der Waals surface area contributed by atoms with Gasteiger partial charge in [-0.3, -0.25) is 0 Å². The molecule has 0 aliphatic carbocycles. The second-order valence-electron chi connectivity index (χ2n) is 7.92. The second-order valence-corrected chi connectivity index (χ2v) is 9.11. The standard InChI is InChI=1S/C24H39N2O2P/c1-2-3-8-16-26-20-14-24(15-21-26)23-12-11-18-25(19-13-23)17-9-6-4-5-7-10-22-29(27)28/h11-15,19-21,27-28H,2-10,16-18,22H2,1H3/q+2. The highest BCUT2D eigenvalue weighted by Crippen LogP contribution is 2.24. The molecule has 4 nitrogen and oxygen atoms in total. The molecule has 29 heavy (non-hydrogen) atoms. The maximum Gasteiger partial charge on any atom is 0.169 e. The number of hydrogen-bond acceptors (Lipinski definition) is 2. The van der Waals surface area contributed by atoms with Crippen LogP contribution in [0.4, 0.5) is 0 Å². The Hall–Kier alpha value is -1.35. The van der Waals surface area contributed by atoms with E-state index in [-0.39, 0.29) is 0 Å². The Kier molecular flexibility index (Phi) is 12.0. The molecule has 5 heteroatoms. The Bertz CT molecular complexity index is 666. The Morgan fingerprint density at radius 3 is 2.31 bits per heavy atom. The van der Waals surface area contributed by atoms with Gasteiger partial charge in [0.05, 0.1) is 0 Å². The van der Waals surface area contributed by atoms with E-state index in [1.807, 2.05) is 0 Å². The maximum atomic E-state index is 8.90. The Labute approximate surface area is 178 Å². The third kappa shape index (κ3) is 10.3. The highest BCUT2D eigenvalue weighted by molar-refractivity contribution is 7.45. The molecule has 0 unspecified atom stereocenters. The summed E-state index contributed by atoms with van der Waals surface area (Å²) in [6.07, 6.45) is 24.7. The average Bonchev–Trinajstić information content (AvgIpc) is 2.96. The van der Waals surface area contributed by atoms with Crippen LogP contribution in [0.5, 0.6) is 0 Å². The van der Waals surface area contributed by atoms with E-state index in [2.05, 4.69) is 65.0 Å². The molecule has 0 radical (unpaired) electrons. The van der Waals surface area contributed by atoms with Crippen molar-refractivity contribution in [3.05, 3.63) is 48.3 Å². The summed E-state index contributed by atoms with van der Waals surface area (Å²) in [4.78, 5) is 17.8. The molecule has 2 N–H and O–H groups in total. The minimum Gasteiger partial charge on any atom is -0.350 e. The van der Waals surface area contributed by atoms with Crippen LogP contribution in [0, 0.1) is 0 Å². The van der Waals surface area contributed by atoms with Gasteiger partial charge in [-0.2, -0.15) is 0 Å². The molecule has 0 fully saturated rings. The highest BCUT2D eigenvalue weighted by atomic mass is 31.2. The molecule has 1 aromatic heterocycles. The molecule has 0 saturated heterocycles. The number of aromatic nitrogens is 1. The van der Waals surface area contributed by atoms with Crippen LogP contribution in [-0.2, 0) is 6.54 Å². The molecule has 0 bridgehead atoms. The van der Waals surface area contributed by atoms with Crippen LogP contribution in [0.2, 0.25) is 0 Å². The summed E-state index contributed by atoms with van der Waals surface area (Å²) in [6, 6.07) is 4.45. The molecule has 2 heterocycles. The molecule has 2 rings (SSSR count). The minimum atomic E-state index is -1.69. The zero-order chi connectivity index (χ0) is 20.7. The molecule has 0 saturated carbocycles. The normalized spacial score (nSPS) is 14.1. The van der Waals surface area contributed by atoms with E-state index < -0.39 is 8.38 Å². The van der Waals surface area contributed by atoms with Crippen molar-refractivity contribution in [2.24, 2.45) is 0 Å². The molecule has 160 valence electrons. The van der Waals surface area contributed by atoms with E-state index in [0.29, 0.717) is 6.16 Å². The number of nitrogens with zero attached hydrogens (tertiary/aromatic N) is 2. The summed E-state index contributed by atoms with van der Waals surface area (Å²) in [6.45, 7) is 5.42. The largest absolute Gasteiger partial charge is 0.350 e. The molecule has 0 atom stereocenters. The summed E-state index contributed by atoms with van der Waals surface area (Å²) in [5, 5.41) is 0. The lowest BCUT2D eigenvalue weighted by Crippen LogP contribution is -2.32. The van der Waals surface area contributed by atoms with Gasteiger partial charge in [0.2, 0.25) is 0 Å². The summed E-state index contributed by atoms with van der Waals surface area (Å²) in [5.41, 5.74) is 2.56. The van der Waals surface area contributed by atoms with Crippen LogP contribution in [0.3, 0.4) is 0 Å². The zero-order valence-electron chi connectivity index (χ0n) is 18.0. The number of rotatable bonds is 14. The molecule has 1 aliphatic rings. The van der Waals surface area contributed by atoms with Crippen molar-refractivity contribution < 1.29 is 18.9 Å². The third-order valence-corrected chi connectivity index (χ3v) is 6.12. The Balaban J connectivity index is 1.72. The van der Waals surface area contributed by atoms with Crippen molar-refractivity contribution in [3.8, 4) is 0 Å². The first-order valence-electron chi connectivity index (χ1n) is 11.3. The fourth-order valence-corrected chi connectivity index (χ4v) is 4.10. The van der Waals surface area contributed by atoms with Crippen molar-refractivity contribution >= 4 is 20.2 Å². The smallest absolute Gasteiger partial charge is 0.169 e. The van der Waals surface area contributed by atoms with Crippen molar-refractivity contribution in [2.75, 3.05) is 19.3 Å². The molecular formula is C24H39N2O2P+2. The van der Waals surface area contributed by atoms with Crippen LogP contribution >= 0.6 is 8.38 Å². The van der Waals surface area contributed by atoms with Gasteiger partial charge in [-0.25, -0.2) is 9.14 Å². The minimum absolute atomic E-state index is 0.569. The van der Waals surface area contributed by atoms with Crippen LogP contribution in [0.1, 0.15) is 70.3 Å². The first-order chi connectivity index (χ1) is 14.2. The monoisotopic (exact) mass is 418 g/mol. The van der Waals surface area contributed by atoms with Crippen molar-refractivity contribution in [3.63, 3.8) is 0 Å². The molecule has 0 amide bonds. The lowest BCUT2D eigenvalue weighted by molar-refractivity contribution is -0.697. The van der Waals surface area contributed by atoms with Gasteiger partial charge in [-0.1, -0.05) is 38.7 Å². The summed E-state index contributed by atoms with van der Waals surface area (Å²) < 4.78 is 4.67.